The second-order valence-electron chi connectivity index (χ2n) is 6.44. The van der Waals surface area contributed by atoms with E-state index in [1.807, 2.05) is 24.3 Å². The second-order valence-corrected chi connectivity index (χ2v) is 7.19. The van der Waals surface area contributed by atoms with Crippen LogP contribution in [0.2, 0.25) is 0 Å². The van der Waals surface area contributed by atoms with Gasteiger partial charge in [-0.05, 0) is 23.6 Å². The Kier molecular flexibility index (Phi) is 6.63. The number of hydrogen-bond acceptors (Lipinski definition) is 9. The van der Waals surface area contributed by atoms with Crippen molar-refractivity contribution < 1.29 is 57.4 Å². The summed E-state index contributed by atoms with van der Waals surface area (Å²) in [6, 6.07) is 8.98. The molecule has 0 bridgehead atoms. The van der Waals surface area contributed by atoms with Crippen molar-refractivity contribution in [1.29, 1.82) is 0 Å². The van der Waals surface area contributed by atoms with Crippen molar-refractivity contribution in [2.24, 2.45) is 0 Å². The summed E-state index contributed by atoms with van der Waals surface area (Å²) in [5.74, 6) is 2.43. The Balaban J connectivity index is 0.000000523. The van der Waals surface area contributed by atoms with E-state index in [1.165, 1.54) is 0 Å². The van der Waals surface area contributed by atoms with Gasteiger partial charge in [0.25, 0.3) is 0 Å². The largest absolute Gasteiger partial charge is 0.507 e. The van der Waals surface area contributed by atoms with E-state index in [-0.39, 0.29) is 5.75 Å². The third-order valence-electron chi connectivity index (χ3n) is 4.70. The maximum absolute atomic E-state index is 10.7. The number of fused-ring (bicyclic) bond motifs is 5. The first-order chi connectivity index (χ1) is 15.1. The minimum Gasteiger partial charge on any atom is -0.507 e. The van der Waals surface area contributed by atoms with Crippen LogP contribution < -0.4 is 37.6 Å². The molecule has 0 atom stereocenters. The standard InChI is InChI=1S/C21H18O6.ClHO4/c1-23-16-6-11-5-15(22)20-13-8-18(25-3)17(24-2)7-12(13)10-27-21(20)14(11)9-19(16)26-4;2-1(3,4)5/h5-10H,1-4H3;(H,2,3,4,5). The van der Waals surface area contributed by atoms with Crippen molar-refractivity contribution in [3.05, 3.63) is 36.6 Å². The number of phenols is 1. The lowest BCUT2D eigenvalue weighted by Gasteiger charge is -2.17. The molecule has 1 aromatic heterocycles. The van der Waals surface area contributed by atoms with Gasteiger partial charge in [-0.1, -0.05) is 0 Å². The number of aromatic hydroxyl groups is 1. The summed E-state index contributed by atoms with van der Waals surface area (Å²) in [6.07, 6.45) is 1.63. The Morgan fingerprint density at radius 2 is 1.12 bits per heavy atom. The van der Waals surface area contributed by atoms with E-state index >= 15 is 0 Å². The van der Waals surface area contributed by atoms with Crippen molar-refractivity contribution >= 4 is 32.5 Å². The zero-order chi connectivity index (χ0) is 23.6. The average molecular weight is 467 g/mol. The van der Waals surface area contributed by atoms with Gasteiger partial charge >= 0.3 is 11.8 Å². The van der Waals surface area contributed by atoms with Crippen LogP contribution in [-0.2, 0) is 0 Å². The molecular weight excluding hydrogens is 448 g/mol. The quantitative estimate of drug-likeness (QED) is 0.320. The molecule has 0 unspecified atom stereocenters. The summed E-state index contributed by atoms with van der Waals surface area (Å²) in [4.78, 5) is 0. The predicted octanol–water partition coefficient (Wildman–Crippen LogP) is 0.00430. The van der Waals surface area contributed by atoms with Crippen LogP contribution in [0, 0.1) is 10.2 Å². The Bertz CT molecular complexity index is 1280. The normalized spacial score (nSPS) is 11.2. The van der Waals surface area contributed by atoms with Crippen molar-refractivity contribution in [2.45, 2.75) is 0 Å². The maximum atomic E-state index is 10.7. The Labute approximate surface area is 184 Å². The van der Waals surface area contributed by atoms with Crippen LogP contribution in [0.4, 0.5) is 0 Å². The Morgan fingerprint density at radius 1 is 0.688 bits per heavy atom. The van der Waals surface area contributed by atoms with Gasteiger partial charge in [-0.25, -0.2) is 23.1 Å². The van der Waals surface area contributed by atoms with Crippen LogP contribution in [0.3, 0.4) is 0 Å². The molecule has 0 amide bonds. The zero-order valence-electron chi connectivity index (χ0n) is 17.5. The zero-order valence-corrected chi connectivity index (χ0v) is 18.2. The molecule has 11 heteroatoms. The monoisotopic (exact) mass is 466 g/mol. The summed E-state index contributed by atoms with van der Waals surface area (Å²) >= 11 is 0. The highest BCUT2D eigenvalue weighted by atomic mass is 35.7. The lowest BCUT2D eigenvalue weighted by molar-refractivity contribution is -2.00. The number of ether oxygens (including phenoxy) is 4. The van der Waals surface area contributed by atoms with E-state index in [0.717, 1.165) is 21.5 Å². The van der Waals surface area contributed by atoms with Crippen molar-refractivity contribution in [3.63, 3.8) is 0 Å². The molecule has 3 aromatic carbocycles. The van der Waals surface area contributed by atoms with Crippen molar-refractivity contribution in [2.75, 3.05) is 28.4 Å². The highest BCUT2D eigenvalue weighted by Crippen LogP contribution is 2.43. The highest BCUT2D eigenvalue weighted by molar-refractivity contribution is 6.17. The molecule has 0 radical (unpaired) electrons. The Hall–Kier alpha value is -3.28. The molecule has 0 saturated heterocycles. The summed E-state index contributed by atoms with van der Waals surface area (Å²) in [6.45, 7) is 0. The summed E-state index contributed by atoms with van der Waals surface area (Å²) in [7, 11) is 1.36. The van der Waals surface area contributed by atoms with Crippen molar-refractivity contribution in [1.82, 2.24) is 0 Å². The predicted molar refractivity (Wildman–Crippen MR) is 104 cm³/mol. The second kappa shape index (κ2) is 9.07. The fourth-order valence-electron chi connectivity index (χ4n) is 3.40. The lowest BCUT2D eigenvalue weighted by Crippen LogP contribution is -2.68. The number of benzene rings is 3. The average Bonchev–Trinajstić information content (AvgIpc) is 2.75. The maximum Gasteiger partial charge on any atom is 0.372 e. The third-order valence-corrected chi connectivity index (χ3v) is 4.70. The van der Waals surface area contributed by atoms with E-state index < -0.39 is 10.2 Å². The molecule has 0 spiro atoms. The number of phenolic OH excluding ortho intramolecular Hbond substituents is 1. The van der Waals surface area contributed by atoms with Gasteiger partial charge in [0.05, 0.1) is 39.2 Å². The molecule has 32 heavy (non-hydrogen) atoms. The van der Waals surface area contributed by atoms with Gasteiger partial charge in [-0.3, -0.25) is 0 Å². The van der Waals surface area contributed by atoms with Crippen molar-refractivity contribution in [3.8, 4) is 28.7 Å². The smallest absolute Gasteiger partial charge is 0.372 e. The molecule has 4 aromatic rings. The van der Waals surface area contributed by atoms with E-state index in [9.17, 15) is 5.11 Å². The van der Waals surface area contributed by atoms with Crippen LogP contribution in [-0.4, -0.2) is 33.5 Å². The molecule has 1 N–H and O–H groups in total. The first kappa shape index (κ1) is 23.4. The molecule has 10 nitrogen and oxygen atoms in total. The van der Waals surface area contributed by atoms with Crippen LogP contribution in [0.1, 0.15) is 0 Å². The SMILES string of the molecule is COc1cc2cc(O)c3c4cc(OC)c(OC)cc4c[o+]c3c2cc1OC.[O-][Cl+3]([O-])([O-])[O-]. The first-order valence-corrected chi connectivity index (χ1v) is 10.1. The van der Waals surface area contributed by atoms with Crippen LogP contribution in [0.25, 0.3) is 32.5 Å². The molecular formula is C21H19ClO10. The topological polar surface area (TPSA) is 161 Å². The van der Waals surface area contributed by atoms with Gasteiger partial charge in [-0.2, -0.15) is 0 Å². The van der Waals surface area contributed by atoms with E-state index in [2.05, 4.69) is 0 Å². The van der Waals surface area contributed by atoms with E-state index in [4.69, 9.17) is 42.0 Å². The first-order valence-electron chi connectivity index (χ1n) is 8.91. The summed E-state index contributed by atoms with van der Waals surface area (Å²) < 4.78 is 61.4. The fourth-order valence-corrected chi connectivity index (χ4v) is 3.40. The molecule has 0 aliphatic heterocycles. The van der Waals surface area contributed by atoms with Gasteiger partial charge in [0.2, 0.25) is 0 Å². The molecule has 170 valence electrons. The van der Waals surface area contributed by atoms with Crippen LogP contribution in [0.15, 0.2) is 41.0 Å². The highest BCUT2D eigenvalue weighted by Gasteiger charge is 2.23. The number of halogens is 1. The molecule has 0 aliphatic carbocycles. The summed E-state index contributed by atoms with van der Waals surface area (Å²) in [5, 5.41) is 14.5. The molecule has 4 rings (SSSR count). The van der Waals surface area contributed by atoms with Gasteiger partial charge in [0.1, 0.15) is 11.1 Å². The number of hydrogen-bond donors (Lipinski definition) is 1. The summed E-state index contributed by atoms with van der Waals surface area (Å²) in [5.41, 5.74) is 0.547. The fraction of sp³-hybridized carbons (Fsp3) is 0.190. The minimum atomic E-state index is -4.94. The lowest BCUT2D eigenvalue weighted by atomic mass is 10.0. The van der Waals surface area contributed by atoms with E-state index in [0.29, 0.717) is 34.0 Å². The van der Waals surface area contributed by atoms with Gasteiger partial charge in [-0.15, -0.1) is 10.2 Å². The van der Waals surface area contributed by atoms with Crippen LogP contribution >= 0.6 is 0 Å². The van der Waals surface area contributed by atoms with Gasteiger partial charge in [0, 0.05) is 17.5 Å². The van der Waals surface area contributed by atoms with Gasteiger partial charge < -0.3 is 24.1 Å². The molecule has 0 aliphatic rings. The van der Waals surface area contributed by atoms with Gasteiger partial charge in [0.15, 0.2) is 23.0 Å². The molecule has 1 heterocycles. The third kappa shape index (κ3) is 4.64. The number of rotatable bonds is 4. The van der Waals surface area contributed by atoms with E-state index in [1.54, 1.807) is 40.8 Å². The number of methoxy groups -OCH3 is 4. The molecule has 0 fully saturated rings. The Morgan fingerprint density at radius 3 is 1.62 bits per heavy atom. The molecule has 0 saturated carbocycles. The van der Waals surface area contributed by atoms with Crippen LogP contribution in [0.5, 0.6) is 28.7 Å². The minimum absolute atomic E-state index is 0.103.